The SMILES string of the molecule is CCN1c2ccc(C)cc2C(C)(C)C1C/C=C1\CCC(/C=C/C2=[N+](CC)c3ccc(C)cc3C2(C)C)=C1Oc1c(C(C)C)cc([S+](c2ccc(Cl)cc2)c2ccc(Cl)cc2)cc1C(C)C. The summed E-state index contributed by atoms with van der Waals surface area (Å²) in [4.78, 5) is 6.32. The molecule has 1 unspecified atom stereocenters. The van der Waals surface area contributed by atoms with Gasteiger partial charge in [0.25, 0.3) is 0 Å². The first-order chi connectivity index (χ1) is 30.9. The van der Waals surface area contributed by atoms with Crippen LogP contribution in [0.2, 0.25) is 10.0 Å². The summed E-state index contributed by atoms with van der Waals surface area (Å²) in [6.07, 6.45) is 10.1. The molecule has 2 heterocycles. The zero-order valence-electron chi connectivity index (χ0n) is 40.7. The number of ether oxygens (including phenoxy) is 1. The normalized spacial score (nSPS) is 18.4. The quantitative estimate of drug-likeness (QED) is 0.0864. The van der Waals surface area contributed by atoms with Gasteiger partial charge in [-0.05, 0) is 156 Å². The lowest BCUT2D eigenvalue weighted by atomic mass is 9.78. The lowest BCUT2D eigenvalue weighted by Gasteiger charge is -2.33. The van der Waals surface area contributed by atoms with Gasteiger partial charge >= 0.3 is 0 Å². The Morgan fingerprint density at radius 1 is 0.723 bits per heavy atom. The van der Waals surface area contributed by atoms with Crippen LogP contribution in [0.1, 0.15) is 134 Å². The molecule has 1 aliphatic carbocycles. The zero-order chi connectivity index (χ0) is 46.5. The van der Waals surface area contributed by atoms with Gasteiger partial charge in [-0.15, -0.1) is 0 Å². The number of benzene rings is 5. The van der Waals surface area contributed by atoms with Crippen molar-refractivity contribution in [3.8, 4) is 5.75 Å². The van der Waals surface area contributed by atoms with Gasteiger partial charge < -0.3 is 9.64 Å². The van der Waals surface area contributed by atoms with Crippen molar-refractivity contribution in [2.75, 3.05) is 18.0 Å². The van der Waals surface area contributed by atoms with Gasteiger partial charge in [0.05, 0.1) is 16.3 Å². The average Bonchev–Trinajstić information content (AvgIpc) is 3.82. The fraction of sp³-hybridized carbons (Fsp3) is 0.373. The first-order valence-electron chi connectivity index (χ1n) is 23.8. The molecule has 0 N–H and O–H groups in total. The third-order valence-corrected chi connectivity index (χ3v) is 16.9. The zero-order valence-corrected chi connectivity index (χ0v) is 43.0. The highest BCUT2D eigenvalue weighted by Crippen LogP contribution is 2.49. The smallest absolute Gasteiger partial charge is 0.209 e. The van der Waals surface area contributed by atoms with Crippen LogP contribution < -0.4 is 9.64 Å². The molecule has 0 fully saturated rings. The van der Waals surface area contributed by atoms with Crippen molar-refractivity contribution in [3.05, 3.63) is 176 Å². The monoisotopic (exact) mass is 922 g/mol. The van der Waals surface area contributed by atoms with Gasteiger partial charge in [-0.3, -0.25) is 0 Å². The van der Waals surface area contributed by atoms with Crippen LogP contribution in [0.5, 0.6) is 5.75 Å². The highest BCUT2D eigenvalue weighted by molar-refractivity contribution is 7.97. The number of halogens is 2. The minimum Gasteiger partial charge on any atom is -0.456 e. The number of anilines is 1. The summed E-state index contributed by atoms with van der Waals surface area (Å²) in [7, 11) is -0.400. The van der Waals surface area contributed by atoms with E-state index in [-0.39, 0.29) is 22.7 Å². The van der Waals surface area contributed by atoms with Crippen LogP contribution in [-0.2, 0) is 21.7 Å². The molecule has 2 aliphatic heterocycles. The number of hydrogen-bond acceptors (Lipinski definition) is 2. The van der Waals surface area contributed by atoms with Crippen molar-refractivity contribution in [1.29, 1.82) is 0 Å². The van der Waals surface area contributed by atoms with Gasteiger partial charge in [-0.1, -0.05) is 100 Å². The molecule has 65 heavy (non-hydrogen) atoms. The minimum absolute atomic E-state index is 0.000883. The maximum Gasteiger partial charge on any atom is 0.209 e. The second kappa shape index (κ2) is 18.7. The molecule has 1 atom stereocenters. The van der Waals surface area contributed by atoms with Crippen molar-refractivity contribution in [2.24, 2.45) is 0 Å². The van der Waals surface area contributed by atoms with Crippen LogP contribution in [0.25, 0.3) is 0 Å². The molecule has 0 saturated carbocycles. The maximum absolute atomic E-state index is 7.65. The van der Waals surface area contributed by atoms with Gasteiger partial charge in [0.1, 0.15) is 18.1 Å². The molecule has 0 amide bonds. The number of allylic oxidation sites excluding steroid dienone is 4. The highest BCUT2D eigenvalue weighted by atomic mass is 35.5. The van der Waals surface area contributed by atoms with Gasteiger partial charge in [-0.25, -0.2) is 0 Å². The molecule has 6 heteroatoms. The number of fused-ring (bicyclic) bond motifs is 2. The molecule has 0 saturated heterocycles. The van der Waals surface area contributed by atoms with E-state index in [0.29, 0.717) is 6.04 Å². The Hall–Kier alpha value is -4.48. The van der Waals surface area contributed by atoms with Crippen molar-refractivity contribution >= 4 is 51.2 Å². The Kier molecular flexibility index (Phi) is 13.5. The summed E-state index contributed by atoms with van der Waals surface area (Å²) in [6, 6.07) is 35.8. The summed E-state index contributed by atoms with van der Waals surface area (Å²) < 4.78 is 10.2. The molecular weight excluding hydrogens is 856 g/mol. The van der Waals surface area contributed by atoms with Crippen LogP contribution in [0.15, 0.2) is 147 Å². The van der Waals surface area contributed by atoms with E-state index in [4.69, 9.17) is 27.9 Å². The van der Waals surface area contributed by atoms with Crippen molar-refractivity contribution < 1.29 is 9.31 Å². The predicted octanol–water partition coefficient (Wildman–Crippen LogP) is 16.5. The van der Waals surface area contributed by atoms with Gasteiger partial charge in [-0.2, -0.15) is 4.58 Å². The first-order valence-corrected chi connectivity index (χ1v) is 25.8. The molecule has 5 aromatic carbocycles. The van der Waals surface area contributed by atoms with Crippen molar-refractivity contribution in [3.63, 3.8) is 0 Å². The van der Waals surface area contributed by atoms with E-state index in [9.17, 15) is 0 Å². The molecule has 3 nitrogen and oxygen atoms in total. The van der Waals surface area contributed by atoms with Gasteiger partial charge in [0.2, 0.25) is 5.69 Å². The molecule has 5 aromatic rings. The van der Waals surface area contributed by atoms with Gasteiger partial charge in [0.15, 0.2) is 20.4 Å². The number of aryl methyl sites for hydroxylation is 2. The third kappa shape index (κ3) is 8.93. The summed E-state index contributed by atoms with van der Waals surface area (Å²) in [6.45, 7) is 29.7. The van der Waals surface area contributed by atoms with Crippen molar-refractivity contribution in [1.82, 2.24) is 0 Å². The Morgan fingerprint density at radius 3 is 1.85 bits per heavy atom. The standard InChI is InChI=1S/C59H68Cl2N2OS/c1-13-62-52-29-15-39(7)33-50(52)58(9,10)54(62)31-19-41-17-18-42(20-32-55-59(11,12)51-34-40(8)16-30-53(51)63(55)14-2)56(41)64-57-48(37(3)4)35-47(36-49(57)38(5)6)65(45-25-21-43(60)22-26-45)46-27-23-44(61)24-28-46/h15-16,19-31,33-38,55H,13-14,17-18,32H2,1-12H3/q+2/b31-19+,42-20+. The Labute approximate surface area is 403 Å². The van der Waals surface area contributed by atoms with E-state index >= 15 is 0 Å². The van der Waals surface area contributed by atoms with E-state index in [0.717, 1.165) is 53.9 Å². The van der Waals surface area contributed by atoms with Gasteiger partial charge in [0, 0.05) is 74.7 Å². The molecule has 0 spiro atoms. The molecule has 0 bridgehead atoms. The fourth-order valence-corrected chi connectivity index (χ4v) is 13.0. The molecule has 8 rings (SSSR count). The third-order valence-electron chi connectivity index (χ3n) is 14.2. The van der Waals surface area contributed by atoms with Crippen LogP contribution in [0.3, 0.4) is 0 Å². The second-order valence-electron chi connectivity index (χ2n) is 20.0. The Bertz CT molecular complexity index is 2660. The molecular formula is C59H68Cl2N2OS+2. The van der Waals surface area contributed by atoms with Crippen LogP contribution >= 0.6 is 23.2 Å². The molecule has 0 aromatic heterocycles. The molecule has 0 radical (unpaired) electrons. The maximum atomic E-state index is 7.65. The highest BCUT2D eigenvalue weighted by Gasteiger charge is 2.45. The number of nitrogens with zero attached hydrogens (tertiary/aromatic N) is 2. The van der Waals surface area contributed by atoms with E-state index < -0.39 is 10.9 Å². The second-order valence-corrected chi connectivity index (χ2v) is 22.9. The van der Waals surface area contributed by atoms with Crippen LogP contribution in [0, 0.1) is 13.8 Å². The molecule has 3 aliphatic rings. The number of hydrogen-bond donors (Lipinski definition) is 0. The topological polar surface area (TPSA) is 15.5 Å². The summed E-state index contributed by atoms with van der Waals surface area (Å²) >= 11 is 12.9. The summed E-state index contributed by atoms with van der Waals surface area (Å²) in [5, 5.41) is 1.47. The summed E-state index contributed by atoms with van der Waals surface area (Å²) in [5.41, 5.74) is 14.4. The lowest BCUT2D eigenvalue weighted by Crippen LogP contribution is -2.41. The van der Waals surface area contributed by atoms with Crippen LogP contribution in [0.4, 0.5) is 11.4 Å². The number of rotatable bonds is 13. The van der Waals surface area contributed by atoms with E-state index in [1.807, 2.05) is 24.3 Å². The lowest BCUT2D eigenvalue weighted by molar-refractivity contribution is -0.433. The fourth-order valence-electron chi connectivity index (χ4n) is 10.6. The first kappa shape index (κ1) is 47.0. The van der Waals surface area contributed by atoms with Crippen LogP contribution in [-0.4, -0.2) is 29.4 Å². The van der Waals surface area contributed by atoms with E-state index in [1.165, 1.54) is 76.3 Å². The predicted molar refractivity (Wildman–Crippen MR) is 279 cm³/mol. The summed E-state index contributed by atoms with van der Waals surface area (Å²) in [5.74, 6) is 2.44. The Balaban J connectivity index is 1.27. The van der Waals surface area contributed by atoms with Crippen molar-refractivity contribution in [2.45, 2.75) is 146 Å². The van der Waals surface area contributed by atoms with E-state index in [1.54, 1.807) is 0 Å². The van der Waals surface area contributed by atoms with E-state index in [2.05, 4.69) is 184 Å². The Morgan fingerprint density at radius 2 is 1.29 bits per heavy atom. The number of likely N-dealkylation sites (N-methyl/N-ethyl adjacent to an activating group) is 1. The largest absolute Gasteiger partial charge is 0.456 e. The minimum atomic E-state index is -0.400. The molecule has 338 valence electrons. The average molecular weight is 924 g/mol.